The number of fused-ring (bicyclic) bond motifs is 2. The van der Waals surface area contributed by atoms with E-state index >= 15 is 0 Å². The number of hydrogen-bond acceptors (Lipinski definition) is 0. The highest BCUT2D eigenvalue weighted by atomic mass is 14.2. The molecule has 0 nitrogen and oxygen atoms in total. The summed E-state index contributed by atoms with van der Waals surface area (Å²) in [5, 5.41) is 0. The summed E-state index contributed by atoms with van der Waals surface area (Å²) in [5.74, 6) is 0.658. The van der Waals surface area contributed by atoms with Gasteiger partial charge < -0.3 is 0 Å². The normalized spacial score (nSPS) is 28.6. The van der Waals surface area contributed by atoms with Gasteiger partial charge in [-0.05, 0) is 36.0 Å². The van der Waals surface area contributed by atoms with Gasteiger partial charge >= 0.3 is 0 Å². The van der Waals surface area contributed by atoms with Crippen LogP contribution in [0, 0.1) is 5.92 Å². The standard InChI is InChI=1S/C14H14/c1-2-6-12-10-14-8-4-3-7-13(14)9-11(12)5-1/h1-5,9-10,12H,6-8H2. The molecule has 0 aromatic heterocycles. The summed E-state index contributed by atoms with van der Waals surface area (Å²) in [7, 11) is 0. The maximum atomic E-state index is 2.47. The Morgan fingerprint density at radius 2 is 1.86 bits per heavy atom. The molecule has 14 heavy (non-hydrogen) atoms. The van der Waals surface area contributed by atoms with Crippen molar-refractivity contribution >= 4 is 0 Å². The van der Waals surface area contributed by atoms with E-state index in [2.05, 4.69) is 42.5 Å². The molecule has 0 aliphatic heterocycles. The van der Waals surface area contributed by atoms with E-state index in [1.807, 2.05) is 0 Å². The van der Waals surface area contributed by atoms with E-state index in [4.69, 9.17) is 0 Å². The van der Waals surface area contributed by atoms with Crippen molar-refractivity contribution in [3.8, 4) is 0 Å². The Kier molecular flexibility index (Phi) is 1.80. The Bertz CT molecular complexity index is 400. The Labute approximate surface area is 85.0 Å². The van der Waals surface area contributed by atoms with Gasteiger partial charge in [0.15, 0.2) is 0 Å². The van der Waals surface area contributed by atoms with Crippen LogP contribution in [-0.2, 0) is 0 Å². The SMILES string of the molecule is C1=CCC2C=C3CC=CCC3=CC2=C1. The van der Waals surface area contributed by atoms with Crippen molar-refractivity contribution in [3.05, 3.63) is 59.3 Å². The van der Waals surface area contributed by atoms with E-state index < -0.39 is 0 Å². The molecule has 3 aliphatic carbocycles. The van der Waals surface area contributed by atoms with Gasteiger partial charge in [-0.15, -0.1) is 0 Å². The summed E-state index contributed by atoms with van der Waals surface area (Å²) in [6.45, 7) is 0. The highest BCUT2D eigenvalue weighted by Gasteiger charge is 2.19. The fourth-order valence-electron chi connectivity index (χ4n) is 2.44. The molecule has 0 aromatic carbocycles. The maximum absolute atomic E-state index is 2.47. The summed E-state index contributed by atoms with van der Waals surface area (Å²) in [5.41, 5.74) is 4.59. The topological polar surface area (TPSA) is 0 Å². The van der Waals surface area contributed by atoms with E-state index in [-0.39, 0.29) is 0 Å². The second-order valence-electron chi connectivity index (χ2n) is 4.18. The minimum absolute atomic E-state index is 0.658. The first-order valence-corrected chi connectivity index (χ1v) is 5.37. The Morgan fingerprint density at radius 3 is 2.79 bits per heavy atom. The summed E-state index contributed by atoms with van der Waals surface area (Å²) < 4.78 is 0. The van der Waals surface area contributed by atoms with Crippen LogP contribution in [-0.4, -0.2) is 0 Å². The van der Waals surface area contributed by atoms with E-state index in [0.29, 0.717) is 5.92 Å². The summed E-state index contributed by atoms with van der Waals surface area (Å²) in [6.07, 6.45) is 19.6. The molecular formula is C14H14. The largest absolute Gasteiger partial charge is 0.0838 e. The monoisotopic (exact) mass is 182 g/mol. The predicted molar refractivity (Wildman–Crippen MR) is 59.9 cm³/mol. The summed E-state index contributed by atoms with van der Waals surface area (Å²) in [4.78, 5) is 0. The van der Waals surface area contributed by atoms with Crippen LogP contribution in [0.25, 0.3) is 0 Å². The highest BCUT2D eigenvalue weighted by Crippen LogP contribution is 2.36. The molecule has 0 heteroatoms. The maximum Gasteiger partial charge on any atom is 0.00587 e. The van der Waals surface area contributed by atoms with Crippen molar-refractivity contribution in [1.82, 2.24) is 0 Å². The van der Waals surface area contributed by atoms with Crippen molar-refractivity contribution in [3.63, 3.8) is 0 Å². The molecule has 0 fully saturated rings. The van der Waals surface area contributed by atoms with Crippen LogP contribution in [0.4, 0.5) is 0 Å². The molecule has 0 saturated carbocycles. The third-order valence-corrected chi connectivity index (χ3v) is 3.24. The Hall–Kier alpha value is -1.30. The van der Waals surface area contributed by atoms with Crippen molar-refractivity contribution < 1.29 is 0 Å². The van der Waals surface area contributed by atoms with E-state index in [1.165, 1.54) is 17.6 Å². The zero-order valence-corrected chi connectivity index (χ0v) is 8.24. The first-order chi connectivity index (χ1) is 6.93. The lowest BCUT2D eigenvalue weighted by Gasteiger charge is -2.26. The van der Waals surface area contributed by atoms with Gasteiger partial charge in [-0.25, -0.2) is 0 Å². The molecule has 0 aromatic rings. The molecule has 0 N–H and O–H groups in total. The smallest absolute Gasteiger partial charge is 0.00587 e. The second kappa shape index (κ2) is 3.13. The molecular weight excluding hydrogens is 168 g/mol. The van der Waals surface area contributed by atoms with Crippen molar-refractivity contribution in [2.45, 2.75) is 19.3 Å². The molecule has 3 aliphatic rings. The fraction of sp³-hybridized carbons (Fsp3) is 0.286. The highest BCUT2D eigenvalue weighted by molar-refractivity contribution is 5.50. The zero-order chi connectivity index (χ0) is 9.38. The van der Waals surface area contributed by atoms with Crippen LogP contribution in [0.5, 0.6) is 0 Å². The van der Waals surface area contributed by atoms with Gasteiger partial charge in [-0.2, -0.15) is 0 Å². The minimum atomic E-state index is 0.658. The van der Waals surface area contributed by atoms with E-state index in [9.17, 15) is 0 Å². The molecule has 1 atom stereocenters. The van der Waals surface area contributed by atoms with Crippen molar-refractivity contribution in [1.29, 1.82) is 0 Å². The third-order valence-electron chi connectivity index (χ3n) is 3.24. The van der Waals surface area contributed by atoms with Gasteiger partial charge in [0.05, 0.1) is 0 Å². The average molecular weight is 182 g/mol. The first-order valence-electron chi connectivity index (χ1n) is 5.37. The van der Waals surface area contributed by atoms with Crippen LogP contribution < -0.4 is 0 Å². The minimum Gasteiger partial charge on any atom is -0.0838 e. The van der Waals surface area contributed by atoms with Crippen molar-refractivity contribution in [2.75, 3.05) is 0 Å². The molecule has 0 radical (unpaired) electrons. The zero-order valence-electron chi connectivity index (χ0n) is 8.24. The Morgan fingerprint density at radius 1 is 1.00 bits per heavy atom. The van der Waals surface area contributed by atoms with Gasteiger partial charge in [0.25, 0.3) is 0 Å². The number of hydrogen-bond donors (Lipinski definition) is 0. The lowest BCUT2D eigenvalue weighted by Crippen LogP contribution is -2.10. The van der Waals surface area contributed by atoms with Gasteiger partial charge in [0, 0.05) is 5.92 Å². The van der Waals surface area contributed by atoms with E-state index in [0.717, 1.165) is 12.8 Å². The van der Waals surface area contributed by atoms with Crippen molar-refractivity contribution in [2.24, 2.45) is 5.92 Å². The van der Waals surface area contributed by atoms with Crippen LogP contribution in [0.3, 0.4) is 0 Å². The third kappa shape index (κ3) is 1.22. The van der Waals surface area contributed by atoms with Crippen LogP contribution in [0.2, 0.25) is 0 Å². The molecule has 0 heterocycles. The number of allylic oxidation sites excluding steroid dienone is 10. The molecule has 0 saturated heterocycles. The van der Waals surface area contributed by atoms with Gasteiger partial charge in [-0.3, -0.25) is 0 Å². The van der Waals surface area contributed by atoms with Crippen LogP contribution >= 0.6 is 0 Å². The number of rotatable bonds is 0. The van der Waals surface area contributed by atoms with Crippen LogP contribution in [0.1, 0.15) is 19.3 Å². The lowest BCUT2D eigenvalue weighted by atomic mass is 9.79. The fourth-order valence-corrected chi connectivity index (χ4v) is 2.44. The first kappa shape index (κ1) is 8.05. The lowest BCUT2D eigenvalue weighted by molar-refractivity contribution is 0.758. The molecule has 0 bridgehead atoms. The van der Waals surface area contributed by atoms with Crippen LogP contribution in [0.15, 0.2) is 59.3 Å². The van der Waals surface area contributed by atoms with Gasteiger partial charge in [-0.1, -0.05) is 42.5 Å². The molecule has 0 spiro atoms. The average Bonchev–Trinajstić information content (AvgIpc) is 2.26. The molecule has 0 amide bonds. The molecule has 3 rings (SSSR count). The summed E-state index contributed by atoms with van der Waals surface area (Å²) in [6, 6.07) is 0. The summed E-state index contributed by atoms with van der Waals surface area (Å²) >= 11 is 0. The Balaban J connectivity index is 2.03. The van der Waals surface area contributed by atoms with Gasteiger partial charge in [0.1, 0.15) is 0 Å². The second-order valence-corrected chi connectivity index (χ2v) is 4.18. The molecule has 1 unspecified atom stereocenters. The quantitative estimate of drug-likeness (QED) is 0.501. The van der Waals surface area contributed by atoms with E-state index in [1.54, 1.807) is 5.57 Å². The van der Waals surface area contributed by atoms with Gasteiger partial charge in [0.2, 0.25) is 0 Å². The molecule has 70 valence electrons. The predicted octanol–water partition coefficient (Wildman–Crippen LogP) is 3.71.